The molecule has 3 aliphatic rings. The molecule has 0 radical (unpaired) electrons. The highest BCUT2D eigenvalue weighted by molar-refractivity contribution is 5.85. The zero-order valence-electron chi connectivity index (χ0n) is 21.5. The van der Waals surface area contributed by atoms with Gasteiger partial charge in [0.1, 0.15) is 11.6 Å². The number of carbonyl (C=O) groups is 2. The molecular formula is C29H40F2N2O2. The summed E-state index contributed by atoms with van der Waals surface area (Å²) in [6.07, 6.45) is 8.07. The summed E-state index contributed by atoms with van der Waals surface area (Å²) in [6, 6.07) is 3.62. The largest absolute Gasteiger partial charge is 0.351 e. The zero-order valence-corrected chi connectivity index (χ0v) is 21.5. The van der Waals surface area contributed by atoms with Gasteiger partial charge in [0.2, 0.25) is 11.8 Å². The summed E-state index contributed by atoms with van der Waals surface area (Å²) in [6.45, 7) is 11.2. The lowest BCUT2D eigenvalue weighted by Crippen LogP contribution is -2.57. The van der Waals surface area contributed by atoms with Crippen molar-refractivity contribution in [3.63, 3.8) is 0 Å². The number of benzene rings is 1. The number of piperidine rings is 1. The molecule has 2 saturated carbocycles. The molecule has 1 heterocycles. The van der Waals surface area contributed by atoms with Crippen molar-refractivity contribution in [1.82, 2.24) is 10.2 Å². The fraction of sp³-hybridized carbons (Fsp3) is 0.655. The van der Waals surface area contributed by atoms with Crippen molar-refractivity contribution in [3.05, 3.63) is 47.5 Å². The van der Waals surface area contributed by atoms with Crippen LogP contribution in [-0.4, -0.2) is 35.3 Å². The predicted molar refractivity (Wildman–Crippen MR) is 134 cm³/mol. The first-order valence-corrected chi connectivity index (χ1v) is 13.2. The number of allylic oxidation sites excluding steroid dienone is 1. The monoisotopic (exact) mass is 486 g/mol. The van der Waals surface area contributed by atoms with Crippen molar-refractivity contribution in [2.75, 3.05) is 13.1 Å². The van der Waals surface area contributed by atoms with Gasteiger partial charge in [-0.15, -0.1) is 0 Å². The molecule has 4 rings (SSSR count). The second kappa shape index (κ2) is 10.0. The minimum atomic E-state index is -0.616. The fourth-order valence-corrected chi connectivity index (χ4v) is 6.68. The van der Waals surface area contributed by atoms with Gasteiger partial charge in [-0.3, -0.25) is 9.59 Å². The van der Waals surface area contributed by atoms with Crippen LogP contribution in [0.3, 0.4) is 0 Å². The summed E-state index contributed by atoms with van der Waals surface area (Å²) < 4.78 is 28.1. The molecule has 4 nitrogen and oxygen atoms in total. The van der Waals surface area contributed by atoms with E-state index in [9.17, 15) is 18.4 Å². The molecule has 3 fully saturated rings. The normalized spacial score (nSPS) is 25.5. The van der Waals surface area contributed by atoms with E-state index in [0.29, 0.717) is 50.3 Å². The Hall–Kier alpha value is -2.24. The Morgan fingerprint density at radius 2 is 1.71 bits per heavy atom. The number of hydrogen-bond acceptors (Lipinski definition) is 2. The fourth-order valence-electron chi connectivity index (χ4n) is 6.68. The Morgan fingerprint density at radius 3 is 2.31 bits per heavy atom. The average Bonchev–Trinajstić information content (AvgIpc) is 3.19. The van der Waals surface area contributed by atoms with Crippen LogP contribution in [0.15, 0.2) is 30.4 Å². The minimum Gasteiger partial charge on any atom is -0.351 e. The van der Waals surface area contributed by atoms with Crippen LogP contribution in [0.1, 0.15) is 90.0 Å². The first-order valence-electron chi connectivity index (χ1n) is 13.2. The third kappa shape index (κ3) is 5.46. The van der Waals surface area contributed by atoms with Gasteiger partial charge in [0.25, 0.3) is 0 Å². The van der Waals surface area contributed by atoms with Gasteiger partial charge in [-0.05, 0) is 76.8 Å². The topological polar surface area (TPSA) is 49.4 Å². The van der Waals surface area contributed by atoms with E-state index in [-0.39, 0.29) is 23.3 Å². The first-order chi connectivity index (χ1) is 16.5. The second-order valence-electron chi connectivity index (χ2n) is 12.1. The highest BCUT2D eigenvalue weighted by atomic mass is 19.1. The van der Waals surface area contributed by atoms with Crippen molar-refractivity contribution in [1.29, 1.82) is 0 Å². The summed E-state index contributed by atoms with van der Waals surface area (Å²) in [4.78, 5) is 29.2. The Kier molecular flexibility index (Phi) is 7.40. The van der Waals surface area contributed by atoms with Gasteiger partial charge < -0.3 is 10.2 Å². The van der Waals surface area contributed by atoms with Crippen LogP contribution in [0, 0.1) is 28.9 Å². The quantitative estimate of drug-likeness (QED) is 0.522. The molecule has 2 atom stereocenters. The van der Waals surface area contributed by atoms with Gasteiger partial charge in [0.15, 0.2) is 0 Å². The number of rotatable bonds is 4. The van der Waals surface area contributed by atoms with E-state index in [0.717, 1.165) is 37.3 Å². The Labute approximate surface area is 208 Å². The molecule has 0 aromatic heterocycles. The third-order valence-corrected chi connectivity index (χ3v) is 8.48. The van der Waals surface area contributed by atoms with Crippen LogP contribution in [0.25, 0.3) is 0 Å². The van der Waals surface area contributed by atoms with Gasteiger partial charge in [-0.25, -0.2) is 8.78 Å². The molecule has 1 aliphatic heterocycles. The van der Waals surface area contributed by atoms with Crippen LogP contribution in [0.4, 0.5) is 8.78 Å². The van der Waals surface area contributed by atoms with Crippen molar-refractivity contribution in [3.8, 4) is 0 Å². The van der Waals surface area contributed by atoms with Crippen LogP contribution in [-0.2, 0) is 9.59 Å². The lowest BCUT2D eigenvalue weighted by atomic mass is 9.63. The Balaban J connectivity index is 1.51. The van der Waals surface area contributed by atoms with E-state index in [1.165, 1.54) is 18.6 Å². The molecule has 192 valence electrons. The van der Waals surface area contributed by atoms with Gasteiger partial charge >= 0.3 is 0 Å². The van der Waals surface area contributed by atoms with Gasteiger partial charge in [0.05, 0.1) is 5.41 Å². The number of hydrogen-bond donors (Lipinski definition) is 1. The predicted octanol–water partition coefficient (Wildman–Crippen LogP) is 6.12. The molecule has 0 spiro atoms. The average molecular weight is 487 g/mol. The maximum Gasteiger partial charge on any atom is 0.227 e. The summed E-state index contributed by atoms with van der Waals surface area (Å²) in [7, 11) is 0. The first kappa shape index (κ1) is 25.8. The molecule has 1 aromatic carbocycles. The van der Waals surface area contributed by atoms with E-state index >= 15 is 0 Å². The summed E-state index contributed by atoms with van der Waals surface area (Å²) in [5.41, 5.74) is 0.575. The molecule has 1 N–H and O–H groups in total. The minimum absolute atomic E-state index is 0.00542. The van der Waals surface area contributed by atoms with Crippen LogP contribution in [0.2, 0.25) is 0 Å². The molecule has 35 heavy (non-hydrogen) atoms. The molecule has 2 aliphatic carbocycles. The smallest absolute Gasteiger partial charge is 0.227 e. The van der Waals surface area contributed by atoms with Gasteiger partial charge in [-0.1, -0.05) is 37.5 Å². The number of nitrogens with one attached hydrogen (secondary N) is 1. The maximum absolute atomic E-state index is 14.6. The molecule has 1 aromatic rings. The number of likely N-dealkylation sites (tertiary alicyclic amines) is 1. The SMILES string of the molecule is C=C1C[C@@H](C(=O)N2CCC(C(=O)NC(C)(C)C)(C3CCCCC3)CC2)[C@H](c2ccc(F)cc2F)C1. The standard InChI is InChI=1S/C29H40F2N2O2/c1-19-16-23(22-11-10-21(30)18-25(22)31)24(17-19)26(34)33-14-12-29(13-15-33,20-8-6-5-7-9-20)27(35)32-28(2,3)4/h10-11,18,20,23-24H,1,5-9,12-17H2,2-4H3,(H,32,35)/t23-,24+/m0/s1. The lowest BCUT2D eigenvalue weighted by Gasteiger charge is -2.48. The molecule has 0 bridgehead atoms. The molecule has 0 unspecified atom stereocenters. The van der Waals surface area contributed by atoms with Crippen molar-refractivity contribution in [2.24, 2.45) is 17.3 Å². The van der Waals surface area contributed by atoms with Crippen molar-refractivity contribution >= 4 is 11.8 Å². The summed E-state index contributed by atoms with van der Waals surface area (Å²) in [5.74, 6) is -1.46. The summed E-state index contributed by atoms with van der Waals surface area (Å²) in [5, 5.41) is 3.25. The number of amides is 2. The van der Waals surface area contributed by atoms with E-state index in [1.807, 2.05) is 25.7 Å². The second-order valence-corrected chi connectivity index (χ2v) is 12.1. The number of halogens is 2. The van der Waals surface area contributed by atoms with E-state index < -0.39 is 23.0 Å². The zero-order chi connectivity index (χ0) is 25.4. The number of carbonyl (C=O) groups excluding carboxylic acids is 2. The van der Waals surface area contributed by atoms with E-state index in [4.69, 9.17) is 0 Å². The van der Waals surface area contributed by atoms with Crippen LogP contribution in [0.5, 0.6) is 0 Å². The highest BCUT2D eigenvalue weighted by Crippen LogP contribution is 2.48. The molecule has 6 heteroatoms. The Morgan fingerprint density at radius 1 is 1.06 bits per heavy atom. The van der Waals surface area contributed by atoms with Crippen LogP contribution >= 0.6 is 0 Å². The van der Waals surface area contributed by atoms with Gasteiger partial charge in [-0.2, -0.15) is 0 Å². The van der Waals surface area contributed by atoms with Crippen molar-refractivity contribution < 1.29 is 18.4 Å². The van der Waals surface area contributed by atoms with Gasteiger partial charge in [0, 0.05) is 36.5 Å². The maximum atomic E-state index is 14.6. The molecule has 1 saturated heterocycles. The van der Waals surface area contributed by atoms with Crippen LogP contribution < -0.4 is 5.32 Å². The Bertz CT molecular complexity index is 969. The number of nitrogens with zero attached hydrogens (tertiary/aromatic N) is 1. The van der Waals surface area contributed by atoms with Crippen molar-refractivity contribution in [2.45, 2.75) is 90.0 Å². The molecular weight excluding hydrogens is 446 g/mol. The highest BCUT2D eigenvalue weighted by Gasteiger charge is 2.50. The molecule has 2 amide bonds. The van der Waals surface area contributed by atoms with E-state index in [2.05, 4.69) is 11.9 Å². The third-order valence-electron chi connectivity index (χ3n) is 8.48. The van der Waals surface area contributed by atoms with E-state index in [1.54, 1.807) is 0 Å². The summed E-state index contributed by atoms with van der Waals surface area (Å²) >= 11 is 0. The lowest BCUT2D eigenvalue weighted by molar-refractivity contribution is -0.148.